The molecule has 1 aliphatic carbocycles. The number of pyridine rings is 1. The van der Waals surface area contributed by atoms with Gasteiger partial charge in [-0.2, -0.15) is 0 Å². The minimum atomic E-state index is -1.06. The fourth-order valence-corrected chi connectivity index (χ4v) is 7.14. The SMILES string of the molecule is COC(=O)OCOc1c2n(ccc1=O)N([C@@H]1c3ccccc3SCc3c1ccc(F)c3F)[C@@H]1COC(C(=O)NC3CC3)CN1C2=O. The molecule has 2 aromatic carbocycles. The van der Waals surface area contributed by atoms with E-state index in [0.29, 0.717) is 5.56 Å². The minimum absolute atomic E-state index is 0.0586. The lowest BCUT2D eigenvalue weighted by molar-refractivity contribution is -0.141. The summed E-state index contributed by atoms with van der Waals surface area (Å²) in [6, 6.07) is 10.4. The number of nitrogens with zero attached hydrogens (tertiary/aromatic N) is 3. The first-order valence-corrected chi connectivity index (χ1v) is 15.5. The number of hydrogen-bond donors (Lipinski definition) is 1. The molecule has 15 heteroatoms. The molecule has 1 saturated heterocycles. The Kier molecular flexibility index (Phi) is 7.80. The molecule has 1 N–H and O–H groups in total. The summed E-state index contributed by atoms with van der Waals surface area (Å²) in [5.41, 5.74) is 0.451. The number of aromatic nitrogens is 1. The summed E-state index contributed by atoms with van der Waals surface area (Å²) in [6.07, 6.45) is 0.207. The van der Waals surface area contributed by atoms with Gasteiger partial charge in [0.1, 0.15) is 6.17 Å². The fourth-order valence-electron chi connectivity index (χ4n) is 6.02. The maximum atomic E-state index is 15.5. The third kappa shape index (κ3) is 5.22. The third-order valence-electron chi connectivity index (χ3n) is 8.36. The number of carbonyl (C=O) groups is 3. The van der Waals surface area contributed by atoms with Gasteiger partial charge in [-0.1, -0.05) is 24.3 Å². The van der Waals surface area contributed by atoms with E-state index in [0.717, 1.165) is 36.5 Å². The van der Waals surface area contributed by atoms with Gasteiger partial charge in [0, 0.05) is 34.5 Å². The van der Waals surface area contributed by atoms with Crippen LogP contribution in [0.15, 0.2) is 58.4 Å². The molecule has 3 aromatic rings. The van der Waals surface area contributed by atoms with Crippen LogP contribution in [0, 0.1) is 11.6 Å². The van der Waals surface area contributed by atoms with Crippen molar-refractivity contribution in [2.24, 2.45) is 0 Å². The first-order chi connectivity index (χ1) is 22.3. The van der Waals surface area contributed by atoms with Crippen LogP contribution in [0.2, 0.25) is 0 Å². The van der Waals surface area contributed by atoms with Crippen molar-refractivity contribution in [2.45, 2.75) is 47.8 Å². The highest BCUT2D eigenvalue weighted by atomic mass is 32.2. The van der Waals surface area contributed by atoms with Crippen molar-refractivity contribution in [3.63, 3.8) is 0 Å². The van der Waals surface area contributed by atoms with Crippen LogP contribution in [0.1, 0.15) is 46.1 Å². The number of thioether (sulfide) groups is 1. The Labute approximate surface area is 265 Å². The van der Waals surface area contributed by atoms with Gasteiger partial charge >= 0.3 is 6.16 Å². The number of nitrogens with one attached hydrogen (secondary N) is 1. The number of fused-ring (bicyclic) bond motifs is 4. The number of rotatable bonds is 6. The Morgan fingerprint density at radius 3 is 2.67 bits per heavy atom. The van der Waals surface area contributed by atoms with Crippen molar-refractivity contribution >= 4 is 29.7 Å². The van der Waals surface area contributed by atoms with Gasteiger partial charge in [0.25, 0.3) is 11.8 Å². The predicted molar refractivity (Wildman–Crippen MR) is 158 cm³/mol. The molecule has 0 radical (unpaired) electrons. The van der Waals surface area contributed by atoms with Gasteiger partial charge in [-0.3, -0.25) is 24.1 Å². The lowest BCUT2D eigenvalue weighted by Crippen LogP contribution is -2.68. The topological polar surface area (TPSA) is 129 Å². The van der Waals surface area contributed by atoms with E-state index in [2.05, 4.69) is 10.1 Å². The molecule has 0 spiro atoms. The number of benzene rings is 2. The lowest BCUT2D eigenvalue weighted by atomic mass is 9.93. The van der Waals surface area contributed by atoms with E-state index >= 15 is 4.39 Å². The number of halogens is 2. The van der Waals surface area contributed by atoms with Crippen LogP contribution in [0.5, 0.6) is 5.75 Å². The monoisotopic (exact) mass is 654 g/mol. The molecule has 3 atom stereocenters. The summed E-state index contributed by atoms with van der Waals surface area (Å²) in [5, 5.41) is 4.65. The van der Waals surface area contributed by atoms with Crippen LogP contribution in [0.25, 0.3) is 0 Å². The Hall–Kier alpha value is -4.63. The van der Waals surface area contributed by atoms with E-state index in [-0.39, 0.29) is 42.1 Å². The Morgan fingerprint density at radius 1 is 1.09 bits per heavy atom. The number of ether oxygens (including phenoxy) is 4. The molecule has 4 heterocycles. The molecule has 1 unspecified atom stereocenters. The van der Waals surface area contributed by atoms with Gasteiger partial charge in [-0.15, -0.1) is 11.8 Å². The van der Waals surface area contributed by atoms with Crippen molar-refractivity contribution in [1.29, 1.82) is 0 Å². The number of carbonyl (C=O) groups excluding carboxylic acids is 3. The summed E-state index contributed by atoms with van der Waals surface area (Å²) < 4.78 is 52.4. The number of morpholine rings is 1. The highest BCUT2D eigenvalue weighted by Crippen LogP contribution is 2.45. The first-order valence-electron chi connectivity index (χ1n) is 14.6. The molecule has 7 rings (SSSR count). The Bertz CT molecular complexity index is 1800. The summed E-state index contributed by atoms with van der Waals surface area (Å²) >= 11 is 1.35. The van der Waals surface area contributed by atoms with Gasteiger partial charge in [0.15, 0.2) is 23.4 Å². The van der Waals surface area contributed by atoms with Crippen LogP contribution in [-0.2, 0) is 24.8 Å². The van der Waals surface area contributed by atoms with Crippen LogP contribution in [0.3, 0.4) is 0 Å². The quantitative estimate of drug-likeness (QED) is 0.313. The number of amides is 2. The molecular weight excluding hydrogens is 626 g/mol. The molecule has 240 valence electrons. The predicted octanol–water partition coefficient (Wildman–Crippen LogP) is 3.04. The first kappa shape index (κ1) is 30.0. The second-order valence-corrected chi connectivity index (χ2v) is 12.2. The second-order valence-electron chi connectivity index (χ2n) is 11.1. The largest absolute Gasteiger partial charge is 0.510 e. The zero-order chi connectivity index (χ0) is 32.1. The van der Waals surface area contributed by atoms with E-state index in [9.17, 15) is 23.6 Å². The molecule has 1 aromatic heterocycles. The highest BCUT2D eigenvalue weighted by molar-refractivity contribution is 7.98. The van der Waals surface area contributed by atoms with Crippen LogP contribution in [0.4, 0.5) is 13.6 Å². The number of methoxy groups -OCH3 is 1. The van der Waals surface area contributed by atoms with Crippen LogP contribution in [-0.4, -0.2) is 72.9 Å². The fraction of sp³-hybridized carbons (Fsp3) is 0.355. The molecule has 3 aliphatic heterocycles. The maximum absolute atomic E-state index is 15.5. The zero-order valence-corrected chi connectivity index (χ0v) is 25.3. The van der Waals surface area contributed by atoms with Gasteiger partial charge in [0.2, 0.25) is 18.0 Å². The molecule has 2 fully saturated rings. The van der Waals surface area contributed by atoms with Crippen molar-refractivity contribution < 1.29 is 42.1 Å². The smallest absolute Gasteiger partial charge is 0.451 e. The average molecular weight is 655 g/mol. The summed E-state index contributed by atoms with van der Waals surface area (Å²) in [4.78, 5) is 54.3. The minimum Gasteiger partial charge on any atom is -0.451 e. The molecule has 12 nitrogen and oxygen atoms in total. The van der Waals surface area contributed by atoms with E-state index in [4.69, 9.17) is 14.2 Å². The van der Waals surface area contributed by atoms with Crippen molar-refractivity contribution in [2.75, 3.05) is 32.1 Å². The summed E-state index contributed by atoms with van der Waals surface area (Å²) in [6.45, 7) is -1.01. The molecule has 1 saturated carbocycles. The lowest BCUT2D eigenvalue weighted by Gasteiger charge is -2.52. The molecule has 46 heavy (non-hydrogen) atoms. The highest BCUT2D eigenvalue weighted by Gasteiger charge is 2.49. The molecule has 2 amide bonds. The van der Waals surface area contributed by atoms with Crippen LogP contribution >= 0.6 is 11.8 Å². The summed E-state index contributed by atoms with van der Waals surface area (Å²) in [5.74, 6) is -3.24. The molecule has 4 aliphatic rings. The van der Waals surface area contributed by atoms with Crippen molar-refractivity contribution in [1.82, 2.24) is 14.9 Å². The summed E-state index contributed by atoms with van der Waals surface area (Å²) in [7, 11) is 1.10. The molecule has 0 bridgehead atoms. The standard InChI is InChI=1S/C31H28F2N4O8S/c1-42-31(41)45-15-44-28-21(38)10-11-36-27(28)30(40)35-12-22(29(39)34-16-6-7-16)43-13-24(35)37(36)26-17-8-9-20(32)25(33)19(17)14-46-23-5-3-2-4-18(23)26/h2-5,8-11,16,22,24,26H,6-7,12-15H2,1H3,(H,34,39)/t22?,24-,26+/m1/s1. The van der Waals surface area contributed by atoms with Gasteiger partial charge in [-0.05, 0) is 36.1 Å². The third-order valence-corrected chi connectivity index (χ3v) is 9.48. The van der Waals surface area contributed by atoms with Gasteiger partial charge < -0.3 is 29.2 Å². The maximum Gasteiger partial charge on any atom is 0.510 e. The Morgan fingerprint density at radius 2 is 1.89 bits per heavy atom. The van der Waals surface area contributed by atoms with E-state index in [1.165, 1.54) is 39.7 Å². The van der Waals surface area contributed by atoms with E-state index in [1.54, 1.807) is 5.01 Å². The van der Waals surface area contributed by atoms with Gasteiger partial charge in [-0.25, -0.2) is 13.6 Å². The van der Waals surface area contributed by atoms with Crippen molar-refractivity contribution in [3.05, 3.63) is 92.9 Å². The normalized spacial score (nSPS) is 21.6. The van der Waals surface area contributed by atoms with Crippen LogP contribution < -0.4 is 20.5 Å². The molecular formula is C31H28F2N4O8S. The number of hydrogen-bond acceptors (Lipinski definition) is 10. The van der Waals surface area contributed by atoms with Gasteiger partial charge in [0.05, 0.1) is 26.3 Å². The van der Waals surface area contributed by atoms with Crippen molar-refractivity contribution in [3.8, 4) is 5.75 Å². The average Bonchev–Trinajstić information content (AvgIpc) is 3.90. The second kappa shape index (κ2) is 11.9. The van der Waals surface area contributed by atoms with E-state index in [1.807, 2.05) is 24.3 Å². The van der Waals surface area contributed by atoms with E-state index < -0.39 is 60.0 Å². The Balaban J connectivity index is 1.40. The zero-order valence-electron chi connectivity index (χ0n) is 24.4.